The molecule has 0 saturated carbocycles. The zero-order chi connectivity index (χ0) is 12.5. The molecule has 2 amide bonds. The van der Waals surface area contributed by atoms with Gasteiger partial charge in [0.25, 0.3) is 0 Å². The summed E-state index contributed by atoms with van der Waals surface area (Å²) in [6, 6.07) is -0.103. The molecule has 0 unspecified atom stereocenters. The molecule has 0 aromatic carbocycles. The van der Waals surface area contributed by atoms with Crippen molar-refractivity contribution in [1.82, 2.24) is 15.5 Å². The fraction of sp³-hybridized carbons (Fsp3) is 0.833. The van der Waals surface area contributed by atoms with Crippen molar-refractivity contribution in [1.29, 1.82) is 0 Å². The summed E-state index contributed by atoms with van der Waals surface area (Å²) in [6.45, 7) is 5.68. The monoisotopic (exact) mass is 239 g/mol. The van der Waals surface area contributed by atoms with Gasteiger partial charge in [0.05, 0.1) is 6.04 Å². The van der Waals surface area contributed by atoms with Gasteiger partial charge in [-0.25, -0.2) is 0 Å². The maximum Gasteiger partial charge on any atom is 0.245 e. The van der Waals surface area contributed by atoms with Gasteiger partial charge < -0.3 is 15.5 Å². The van der Waals surface area contributed by atoms with Gasteiger partial charge in [0, 0.05) is 13.1 Å². The molecular weight excluding hydrogens is 218 g/mol. The Kier molecular flexibility index (Phi) is 3.38. The fourth-order valence-electron chi connectivity index (χ4n) is 2.54. The van der Waals surface area contributed by atoms with Crippen LogP contribution in [0.5, 0.6) is 0 Å². The summed E-state index contributed by atoms with van der Waals surface area (Å²) in [5.74, 6) is 0.0115. The van der Waals surface area contributed by atoms with E-state index in [0.29, 0.717) is 13.1 Å². The summed E-state index contributed by atoms with van der Waals surface area (Å²) in [5.41, 5.74) is -0.728. The SMILES string of the molecule is CC1(C)C(=O)NCCN1C(=O)[C@H]1CCCCN1. The first-order valence-electron chi connectivity index (χ1n) is 6.36. The van der Waals surface area contributed by atoms with Crippen LogP contribution in [0.3, 0.4) is 0 Å². The van der Waals surface area contributed by atoms with Crippen molar-refractivity contribution in [2.45, 2.75) is 44.7 Å². The molecule has 17 heavy (non-hydrogen) atoms. The minimum atomic E-state index is -0.728. The first-order chi connectivity index (χ1) is 8.03. The van der Waals surface area contributed by atoms with Gasteiger partial charge in [-0.3, -0.25) is 9.59 Å². The summed E-state index contributed by atoms with van der Waals surface area (Å²) in [4.78, 5) is 25.9. The second-order valence-electron chi connectivity index (χ2n) is 5.31. The van der Waals surface area contributed by atoms with E-state index in [4.69, 9.17) is 0 Å². The summed E-state index contributed by atoms with van der Waals surface area (Å²) >= 11 is 0. The maximum absolute atomic E-state index is 12.4. The molecule has 5 nitrogen and oxygen atoms in total. The lowest BCUT2D eigenvalue weighted by Gasteiger charge is -2.43. The molecule has 5 heteroatoms. The van der Waals surface area contributed by atoms with E-state index in [1.807, 2.05) is 13.8 Å². The lowest BCUT2D eigenvalue weighted by Crippen LogP contribution is -2.66. The number of hydrogen-bond donors (Lipinski definition) is 2. The van der Waals surface area contributed by atoms with Crippen LogP contribution in [0, 0.1) is 0 Å². The average Bonchev–Trinajstić information content (AvgIpc) is 2.33. The van der Waals surface area contributed by atoms with Crippen molar-refractivity contribution in [3.63, 3.8) is 0 Å². The lowest BCUT2D eigenvalue weighted by atomic mass is 9.95. The summed E-state index contributed by atoms with van der Waals surface area (Å²) in [7, 11) is 0. The quantitative estimate of drug-likeness (QED) is 0.670. The Balaban J connectivity index is 2.09. The van der Waals surface area contributed by atoms with Crippen LogP contribution in [0.25, 0.3) is 0 Å². The second-order valence-corrected chi connectivity index (χ2v) is 5.31. The molecule has 2 heterocycles. The summed E-state index contributed by atoms with van der Waals surface area (Å²) < 4.78 is 0. The summed E-state index contributed by atoms with van der Waals surface area (Å²) in [6.07, 6.45) is 3.10. The van der Waals surface area contributed by atoms with Crippen molar-refractivity contribution >= 4 is 11.8 Å². The first kappa shape index (κ1) is 12.4. The number of amides is 2. The Labute approximate surface area is 102 Å². The Morgan fingerprint density at radius 1 is 1.35 bits per heavy atom. The van der Waals surface area contributed by atoms with Gasteiger partial charge in [-0.2, -0.15) is 0 Å². The number of nitrogens with zero attached hydrogens (tertiary/aromatic N) is 1. The highest BCUT2D eigenvalue weighted by Crippen LogP contribution is 2.20. The molecule has 0 aliphatic carbocycles. The fourth-order valence-corrected chi connectivity index (χ4v) is 2.54. The first-order valence-corrected chi connectivity index (χ1v) is 6.36. The molecule has 2 N–H and O–H groups in total. The van der Waals surface area contributed by atoms with Crippen LogP contribution in [0.2, 0.25) is 0 Å². The van der Waals surface area contributed by atoms with Gasteiger partial charge in [-0.15, -0.1) is 0 Å². The molecule has 0 bridgehead atoms. The van der Waals surface area contributed by atoms with E-state index in [0.717, 1.165) is 25.8 Å². The predicted molar refractivity (Wildman–Crippen MR) is 64.4 cm³/mol. The van der Waals surface area contributed by atoms with E-state index in [1.165, 1.54) is 0 Å². The molecule has 0 aromatic rings. The van der Waals surface area contributed by atoms with Crippen LogP contribution < -0.4 is 10.6 Å². The molecule has 2 rings (SSSR count). The minimum Gasteiger partial charge on any atom is -0.352 e. The Morgan fingerprint density at radius 2 is 2.12 bits per heavy atom. The maximum atomic E-state index is 12.4. The number of piperazine rings is 1. The van der Waals surface area contributed by atoms with E-state index < -0.39 is 5.54 Å². The van der Waals surface area contributed by atoms with Crippen LogP contribution >= 0.6 is 0 Å². The third-order valence-electron chi connectivity index (χ3n) is 3.73. The molecule has 2 aliphatic heterocycles. The molecule has 1 atom stereocenters. The molecule has 96 valence electrons. The smallest absolute Gasteiger partial charge is 0.245 e. The number of carbonyl (C=O) groups is 2. The second kappa shape index (κ2) is 4.64. The minimum absolute atomic E-state index is 0.0621. The third-order valence-corrected chi connectivity index (χ3v) is 3.73. The lowest BCUT2D eigenvalue weighted by molar-refractivity contribution is -0.151. The largest absolute Gasteiger partial charge is 0.352 e. The molecule has 0 spiro atoms. The average molecular weight is 239 g/mol. The van der Waals surface area contributed by atoms with Crippen LogP contribution in [0.15, 0.2) is 0 Å². The standard InChI is InChI=1S/C12H21N3O2/c1-12(2)11(17)14-7-8-15(12)10(16)9-5-3-4-6-13-9/h9,13H,3-8H2,1-2H3,(H,14,17)/t9-/m1/s1. The number of nitrogens with one attached hydrogen (secondary N) is 2. The number of carbonyl (C=O) groups excluding carboxylic acids is 2. The van der Waals surface area contributed by atoms with Gasteiger partial charge in [-0.05, 0) is 33.2 Å². The van der Waals surface area contributed by atoms with Crippen molar-refractivity contribution < 1.29 is 9.59 Å². The molecular formula is C12H21N3O2. The highest BCUT2D eigenvalue weighted by molar-refractivity contribution is 5.93. The van der Waals surface area contributed by atoms with Crippen molar-refractivity contribution in [3.05, 3.63) is 0 Å². The van der Waals surface area contributed by atoms with Gasteiger partial charge >= 0.3 is 0 Å². The highest BCUT2D eigenvalue weighted by Gasteiger charge is 2.42. The van der Waals surface area contributed by atoms with Crippen LogP contribution in [-0.2, 0) is 9.59 Å². The zero-order valence-electron chi connectivity index (χ0n) is 10.6. The van der Waals surface area contributed by atoms with Crippen molar-refractivity contribution in [2.24, 2.45) is 0 Å². The van der Waals surface area contributed by atoms with E-state index in [2.05, 4.69) is 10.6 Å². The van der Waals surface area contributed by atoms with Gasteiger partial charge in [-0.1, -0.05) is 6.42 Å². The molecule has 0 aromatic heterocycles. The van der Waals surface area contributed by atoms with Crippen LogP contribution in [-0.4, -0.2) is 47.9 Å². The summed E-state index contributed by atoms with van der Waals surface area (Å²) in [5, 5.41) is 6.05. The Hall–Kier alpha value is -1.10. The molecule has 2 saturated heterocycles. The van der Waals surface area contributed by atoms with Crippen LogP contribution in [0.1, 0.15) is 33.1 Å². The van der Waals surface area contributed by atoms with Crippen molar-refractivity contribution in [3.8, 4) is 0 Å². The zero-order valence-corrected chi connectivity index (χ0v) is 10.6. The molecule has 2 aliphatic rings. The number of rotatable bonds is 1. The molecule has 2 fully saturated rings. The third kappa shape index (κ3) is 2.29. The van der Waals surface area contributed by atoms with Crippen molar-refractivity contribution in [2.75, 3.05) is 19.6 Å². The number of piperidine rings is 1. The Morgan fingerprint density at radius 3 is 2.76 bits per heavy atom. The highest BCUT2D eigenvalue weighted by atomic mass is 16.2. The Bertz CT molecular complexity index is 322. The van der Waals surface area contributed by atoms with Gasteiger partial charge in [0.1, 0.15) is 5.54 Å². The predicted octanol–water partition coefficient (Wildman–Crippen LogP) is -0.134. The topological polar surface area (TPSA) is 61.4 Å². The number of hydrogen-bond acceptors (Lipinski definition) is 3. The normalized spacial score (nSPS) is 28.7. The van der Waals surface area contributed by atoms with E-state index in [9.17, 15) is 9.59 Å². The molecule has 0 radical (unpaired) electrons. The van der Waals surface area contributed by atoms with Gasteiger partial charge in [0.2, 0.25) is 11.8 Å². The van der Waals surface area contributed by atoms with Gasteiger partial charge in [0.15, 0.2) is 0 Å². The van der Waals surface area contributed by atoms with Crippen LogP contribution in [0.4, 0.5) is 0 Å². The van der Waals surface area contributed by atoms with E-state index in [-0.39, 0.29) is 17.9 Å². The van der Waals surface area contributed by atoms with E-state index in [1.54, 1.807) is 4.90 Å². The van der Waals surface area contributed by atoms with E-state index >= 15 is 0 Å².